The molecule has 0 amide bonds. The van der Waals surface area contributed by atoms with Gasteiger partial charge in [-0.05, 0) is 31.2 Å². The number of hydrogen-bond acceptors (Lipinski definition) is 2. The van der Waals surface area contributed by atoms with E-state index in [1.165, 1.54) is 12.1 Å². The number of aryl methyl sites for hydroxylation is 1. The van der Waals surface area contributed by atoms with Crippen LogP contribution in [0.25, 0.3) is 0 Å². The van der Waals surface area contributed by atoms with Crippen molar-refractivity contribution >= 4 is 0 Å². The van der Waals surface area contributed by atoms with Crippen LogP contribution in [0.2, 0.25) is 0 Å². The fourth-order valence-corrected chi connectivity index (χ4v) is 2.64. The molecule has 1 fully saturated rings. The van der Waals surface area contributed by atoms with Crippen LogP contribution in [0, 0.1) is 6.92 Å². The van der Waals surface area contributed by atoms with Gasteiger partial charge in [-0.3, -0.25) is 4.90 Å². The normalized spacial score (nSPS) is 18.4. The van der Waals surface area contributed by atoms with Gasteiger partial charge in [-0.2, -0.15) is 13.2 Å². The molecule has 5 heteroatoms. The Morgan fingerprint density at radius 3 is 2.15 bits per heavy atom. The van der Waals surface area contributed by atoms with Crippen LogP contribution in [0.5, 0.6) is 0 Å². The second kappa shape index (κ2) is 6.14. The van der Waals surface area contributed by atoms with Gasteiger partial charge in [-0.1, -0.05) is 18.6 Å². The predicted molar refractivity (Wildman–Crippen MR) is 73.6 cm³/mol. The Labute approximate surface area is 118 Å². The summed E-state index contributed by atoms with van der Waals surface area (Å²) in [4.78, 5) is 4.58. The minimum absolute atomic E-state index is 0.542. The van der Waals surface area contributed by atoms with E-state index in [9.17, 15) is 13.2 Å². The van der Waals surface area contributed by atoms with Crippen LogP contribution in [0.1, 0.15) is 23.6 Å². The smallest absolute Gasteiger partial charge is 0.301 e. The maximum absolute atomic E-state index is 12.8. The van der Waals surface area contributed by atoms with Crippen molar-refractivity contribution in [2.75, 3.05) is 32.7 Å². The second-order valence-electron chi connectivity index (χ2n) is 5.42. The van der Waals surface area contributed by atoms with Gasteiger partial charge in [0.2, 0.25) is 0 Å². The van der Waals surface area contributed by atoms with E-state index < -0.39 is 11.7 Å². The van der Waals surface area contributed by atoms with Gasteiger partial charge in [-0.25, -0.2) is 0 Å². The molecule has 0 spiro atoms. The van der Waals surface area contributed by atoms with Crippen LogP contribution >= 0.6 is 0 Å². The lowest BCUT2D eigenvalue weighted by molar-refractivity contribution is -0.137. The van der Waals surface area contributed by atoms with Gasteiger partial charge in [0.1, 0.15) is 0 Å². The summed E-state index contributed by atoms with van der Waals surface area (Å²) < 4.78 is 38.4. The molecule has 2 nitrogen and oxygen atoms in total. The highest BCUT2D eigenvalue weighted by Gasteiger charge is 2.31. The van der Waals surface area contributed by atoms with E-state index in [1.807, 2.05) is 6.07 Å². The van der Waals surface area contributed by atoms with Crippen LogP contribution in [0.4, 0.5) is 13.2 Å². The van der Waals surface area contributed by atoms with E-state index >= 15 is 0 Å². The van der Waals surface area contributed by atoms with E-state index in [1.54, 1.807) is 6.92 Å². The van der Waals surface area contributed by atoms with Gasteiger partial charge in [0.15, 0.2) is 0 Å². The van der Waals surface area contributed by atoms with E-state index in [4.69, 9.17) is 0 Å². The summed E-state index contributed by atoms with van der Waals surface area (Å²) in [6.45, 7) is 9.31. The molecule has 112 valence electrons. The van der Waals surface area contributed by atoms with Gasteiger partial charge >= 0.3 is 6.18 Å². The lowest BCUT2D eigenvalue weighted by Crippen LogP contribution is -2.45. The highest BCUT2D eigenvalue weighted by atomic mass is 19.4. The van der Waals surface area contributed by atoms with Crippen LogP contribution in [0.3, 0.4) is 0 Å². The molecule has 0 aliphatic carbocycles. The van der Waals surface area contributed by atoms with Crippen molar-refractivity contribution in [3.8, 4) is 0 Å². The van der Waals surface area contributed by atoms with E-state index in [-0.39, 0.29) is 0 Å². The third-order valence-electron chi connectivity index (χ3n) is 3.78. The van der Waals surface area contributed by atoms with E-state index in [2.05, 4.69) is 16.7 Å². The van der Waals surface area contributed by atoms with Crippen molar-refractivity contribution in [2.24, 2.45) is 0 Å². The number of halogens is 3. The molecule has 1 aliphatic rings. The molecule has 1 aromatic carbocycles. The molecule has 1 saturated heterocycles. The maximum atomic E-state index is 12.8. The Morgan fingerprint density at radius 1 is 1.00 bits per heavy atom. The minimum Gasteiger partial charge on any atom is -0.301 e. The maximum Gasteiger partial charge on any atom is 0.416 e. The quantitative estimate of drug-likeness (QED) is 0.842. The van der Waals surface area contributed by atoms with Crippen LogP contribution in [0.15, 0.2) is 18.2 Å². The zero-order valence-corrected chi connectivity index (χ0v) is 12.0. The highest BCUT2D eigenvalue weighted by Crippen LogP contribution is 2.30. The summed E-state index contributed by atoms with van der Waals surface area (Å²) in [6.07, 6.45) is -4.26. The number of likely N-dealkylation sites (N-methyl/N-ethyl adjacent to an activating group) is 1. The Kier molecular flexibility index (Phi) is 4.70. The molecule has 1 aliphatic heterocycles. The molecular weight excluding hydrogens is 265 g/mol. The molecule has 0 aromatic heterocycles. The van der Waals surface area contributed by atoms with Crippen LogP contribution in [-0.2, 0) is 12.7 Å². The van der Waals surface area contributed by atoms with Crippen molar-refractivity contribution in [3.63, 3.8) is 0 Å². The first-order valence-corrected chi connectivity index (χ1v) is 7.01. The number of hydrogen-bond donors (Lipinski definition) is 0. The second-order valence-corrected chi connectivity index (χ2v) is 5.42. The molecule has 1 heterocycles. The first-order valence-electron chi connectivity index (χ1n) is 7.01. The zero-order valence-electron chi connectivity index (χ0n) is 12.0. The Morgan fingerprint density at radius 2 is 1.60 bits per heavy atom. The first-order chi connectivity index (χ1) is 9.38. The Hall–Kier alpha value is -1.07. The third kappa shape index (κ3) is 3.96. The van der Waals surface area contributed by atoms with Crippen LogP contribution in [-0.4, -0.2) is 42.5 Å². The predicted octanol–water partition coefficient (Wildman–Crippen LogP) is 3.15. The fraction of sp³-hybridized carbons (Fsp3) is 0.600. The molecule has 0 N–H and O–H groups in total. The number of nitrogens with zero attached hydrogens (tertiary/aromatic N) is 2. The molecule has 0 atom stereocenters. The van der Waals surface area contributed by atoms with Crippen LogP contribution < -0.4 is 0 Å². The SMILES string of the molecule is CCN1CCN(Cc2cc(C)cc(C(F)(F)F)c2)CC1. The van der Waals surface area contributed by atoms with Gasteiger partial charge < -0.3 is 4.90 Å². The van der Waals surface area contributed by atoms with Crippen molar-refractivity contribution in [2.45, 2.75) is 26.6 Å². The third-order valence-corrected chi connectivity index (χ3v) is 3.78. The summed E-state index contributed by atoms with van der Waals surface area (Å²) in [7, 11) is 0. The summed E-state index contributed by atoms with van der Waals surface area (Å²) in [5, 5.41) is 0. The Bertz CT molecular complexity index is 449. The Balaban J connectivity index is 2.05. The van der Waals surface area contributed by atoms with E-state index in [0.717, 1.165) is 38.3 Å². The molecular formula is C15H21F3N2. The number of piperazine rings is 1. The fourth-order valence-electron chi connectivity index (χ4n) is 2.64. The topological polar surface area (TPSA) is 6.48 Å². The molecule has 2 rings (SSSR count). The zero-order chi connectivity index (χ0) is 14.8. The minimum atomic E-state index is -4.26. The highest BCUT2D eigenvalue weighted by molar-refractivity contribution is 5.31. The van der Waals surface area contributed by atoms with Gasteiger partial charge in [-0.15, -0.1) is 0 Å². The lowest BCUT2D eigenvalue weighted by Gasteiger charge is -2.34. The number of benzene rings is 1. The van der Waals surface area contributed by atoms with Gasteiger partial charge in [0.05, 0.1) is 5.56 Å². The van der Waals surface area contributed by atoms with Crippen molar-refractivity contribution in [1.82, 2.24) is 9.80 Å². The van der Waals surface area contributed by atoms with E-state index in [0.29, 0.717) is 12.1 Å². The molecule has 0 bridgehead atoms. The summed E-state index contributed by atoms with van der Waals surface area (Å²) in [5.74, 6) is 0. The number of alkyl halides is 3. The average Bonchev–Trinajstić information content (AvgIpc) is 2.38. The van der Waals surface area contributed by atoms with Gasteiger partial charge in [0, 0.05) is 32.7 Å². The standard InChI is InChI=1S/C15H21F3N2/c1-3-19-4-6-20(7-5-19)11-13-8-12(2)9-14(10-13)15(16,17)18/h8-10H,3-7,11H2,1-2H3. The molecule has 0 unspecified atom stereocenters. The first kappa shape index (κ1) is 15.3. The molecule has 1 aromatic rings. The summed E-state index contributed by atoms with van der Waals surface area (Å²) >= 11 is 0. The number of rotatable bonds is 3. The molecule has 20 heavy (non-hydrogen) atoms. The summed E-state index contributed by atoms with van der Waals surface area (Å²) in [5.41, 5.74) is 0.879. The molecule has 0 radical (unpaired) electrons. The van der Waals surface area contributed by atoms with Crippen molar-refractivity contribution < 1.29 is 13.2 Å². The van der Waals surface area contributed by atoms with Crippen molar-refractivity contribution in [1.29, 1.82) is 0 Å². The monoisotopic (exact) mass is 286 g/mol. The summed E-state index contributed by atoms with van der Waals surface area (Å²) in [6, 6.07) is 4.33. The van der Waals surface area contributed by atoms with Crippen molar-refractivity contribution in [3.05, 3.63) is 34.9 Å². The largest absolute Gasteiger partial charge is 0.416 e. The molecule has 0 saturated carbocycles. The average molecular weight is 286 g/mol. The lowest BCUT2D eigenvalue weighted by atomic mass is 10.1. The van der Waals surface area contributed by atoms with Gasteiger partial charge in [0.25, 0.3) is 0 Å².